The predicted molar refractivity (Wildman–Crippen MR) is 65.1 cm³/mol. The van der Waals surface area contributed by atoms with Gasteiger partial charge in [0.15, 0.2) is 0 Å². The lowest BCUT2D eigenvalue weighted by atomic mass is 10.1. The van der Waals surface area contributed by atoms with Crippen molar-refractivity contribution in [3.63, 3.8) is 0 Å². The second-order valence-corrected chi connectivity index (χ2v) is 4.10. The minimum absolute atomic E-state index is 0.0911. The number of nitrogens with one attached hydrogen (secondary N) is 3. The molecule has 0 aliphatic heterocycles. The van der Waals surface area contributed by atoms with E-state index >= 15 is 0 Å². The van der Waals surface area contributed by atoms with Crippen LogP contribution in [0.4, 0.5) is 0 Å². The standard InChI is InChI=1S/C11H16N4O4/c1-6(14-7(2)16)10(17)15-9(11(18)19)3-8-4-12-5-13-8/h4-6,9H,3H2,1-2H3,(H,12,13)(H,14,16)(H,15,17)(H,18,19)/t6?,9-/m1/s1. The van der Waals surface area contributed by atoms with E-state index in [1.807, 2.05) is 0 Å². The van der Waals surface area contributed by atoms with Crippen molar-refractivity contribution >= 4 is 17.8 Å². The van der Waals surface area contributed by atoms with Crippen LogP contribution in [-0.2, 0) is 20.8 Å². The Hall–Kier alpha value is -2.38. The fourth-order valence-electron chi connectivity index (χ4n) is 1.48. The van der Waals surface area contributed by atoms with Crippen LogP contribution in [0.15, 0.2) is 12.5 Å². The summed E-state index contributed by atoms with van der Waals surface area (Å²) in [7, 11) is 0. The zero-order valence-electron chi connectivity index (χ0n) is 10.6. The number of carbonyl (C=O) groups excluding carboxylic acids is 2. The number of hydrogen-bond donors (Lipinski definition) is 4. The zero-order chi connectivity index (χ0) is 14.4. The normalized spacial score (nSPS) is 13.4. The fraction of sp³-hybridized carbons (Fsp3) is 0.455. The van der Waals surface area contributed by atoms with Crippen LogP contribution in [0, 0.1) is 0 Å². The van der Waals surface area contributed by atoms with E-state index in [4.69, 9.17) is 5.11 Å². The van der Waals surface area contributed by atoms with Crippen molar-refractivity contribution < 1.29 is 19.5 Å². The summed E-state index contributed by atoms with van der Waals surface area (Å²) < 4.78 is 0. The van der Waals surface area contributed by atoms with E-state index in [2.05, 4.69) is 20.6 Å². The van der Waals surface area contributed by atoms with Gasteiger partial charge < -0.3 is 20.7 Å². The van der Waals surface area contributed by atoms with E-state index < -0.39 is 24.0 Å². The van der Waals surface area contributed by atoms with Crippen LogP contribution in [0.1, 0.15) is 19.5 Å². The number of imidazole rings is 1. The average molecular weight is 268 g/mol. The summed E-state index contributed by atoms with van der Waals surface area (Å²) in [6.07, 6.45) is 3.00. The van der Waals surface area contributed by atoms with Crippen LogP contribution in [0.3, 0.4) is 0 Å². The minimum atomic E-state index is -1.15. The Morgan fingerprint density at radius 2 is 2.11 bits per heavy atom. The van der Waals surface area contributed by atoms with Gasteiger partial charge in [0.25, 0.3) is 0 Å². The van der Waals surface area contributed by atoms with E-state index in [-0.39, 0.29) is 12.3 Å². The fourth-order valence-corrected chi connectivity index (χ4v) is 1.48. The first kappa shape index (κ1) is 14.7. The van der Waals surface area contributed by atoms with Gasteiger partial charge in [0.1, 0.15) is 12.1 Å². The first-order chi connectivity index (χ1) is 8.90. The highest BCUT2D eigenvalue weighted by Crippen LogP contribution is 1.99. The van der Waals surface area contributed by atoms with Crippen LogP contribution in [0.25, 0.3) is 0 Å². The van der Waals surface area contributed by atoms with Gasteiger partial charge in [0.2, 0.25) is 11.8 Å². The molecule has 19 heavy (non-hydrogen) atoms. The number of aliphatic carboxylic acids is 1. The molecule has 0 aromatic carbocycles. The lowest BCUT2D eigenvalue weighted by Gasteiger charge is -2.17. The molecule has 0 fully saturated rings. The van der Waals surface area contributed by atoms with Gasteiger partial charge >= 0.3 is 5.97 Å². The lowest BCUT2D eigenvalue weighted by Crippen LogP contribution is -2.50. The Labute approximate surface area is 109 Å². The summed E-state index contributed by atoms with van der Waals surface area (Å²) in [5.74, 6) is -2.07. The summed E-state index contributed by atoms with van der Waals surface area (Å²) in [4.78, 5) is 40.1. The molecule has 2 atom stereocenters. The third-order valence-electron chi connectivity index (χ3n) is 2.41. The van der Waals surface area contributed by atoms with Gasteiger partial charge in [0.05, 0.1) is 6.33 Å². The van der Waals surface area contributed by atoms with Gasteiger partial charge in [-0.1, -0.05) is 0 Å². The van der Waals surface area contributed by atoms with Crippen molar-refractivity contribution in [2.24, 2.45) is 0 Å². The number of amides is 2. The van der Waals surface area contributed by atoms with E-state index in [1.165, 1.54) is 26.4 Å². The quantitative estimate of drug-likeness (QED) is 0.529. The van der Waals surface area contributed by atoms with Crippen LogP contribution in [0.5, 0.6) is 0 Å². The molecule has 0 bridgehead atoms. The van der Waals surface area contributed by atoms with Crippen LogP contribution in [0.2, 0.25) is 0 Å². The predicted octanol–water partition coefficient (Wildman–Crippen LogP) is -0.954. The summed E-state index contributed by atoms with van der Waals surface area (Å²) >= 11 is 0. The molecule has 2 amide bonds. The molecule has 0 spiro atoms. The Morgan fingerprint density at radius 1 is 1.42 bits per heavy atom. The SMILES string of the molecule is CC(=O)NC(C)C(=O)N[C@H](Cc1cnc[nH]1)C(=O)O. The summed E-state index contributed by atoms with van der Waals surface area (Å²) in [6, 6.07) is -1.87. The Bertz CT molecular complexity index is 457. The first-order valence-electron chi connectivity index (χ1n) is 5.67. The molecule has 1 heterocycles. The second kappa shape index (κ2) is 6.53. The van der Waals surface area contributed by atoms with E-state index in [9.17, 15) is 14.4 Å². The molecule has 0 aliphatic rings. The number of aromatic amines is 1. The van der Waals surface area contributed by atoms with Crippen molar-refractivity contribution in [2.75, 3.05) is 0 Å². The number of hydrogen-bond acceptors (Lipinski definition) is 4. The highest BCUT2D eigenvalue weighted by Gasteiger charge is 2.23. The van der Waals surface area contributed by atoms with Crippen molar-refractivity contribution in [1.82, 2.24) is 20.6 Å². The maximum Gasteiger partial charge on any atom is 0.326 e. The van der Waals surface area contributed by atoms with Crippen molar-refractivity contribution in [1.29, 1.82) is 0 Å². The molecule has 0 saturated heterocycles. The van der Waals surface area contributed by atoms with Crippen molar-refractivity contribution in [2.45, 2.75) is 32.4 Å². The molecule has 0 saturated carbocycles. The number of aromatic nitrogens is 2. The van der Waals surface area contributed by atoms with Crippen LogP contribution < -0.4 is 10.6 Å². The highest BCUT2D eigenvalue weighted by atomic mass is 16.4. The van der Waals surface area contributed by atoms with Crippen LogP contribution >= 0.6 is 0 Å². The average Bonchev–Trinajstić information content (AvgIpc) is 2.79. The number of H-pyrrole nitrogens is 1. The number of rotatable bonds is 6. The number of carboxylic acid groups (broad SMARTS) is 1. The molecule has 104 valence electrons. The maximum atomic E-state index is 11.7. The molecule has 0 aliphatic carbocycles. The molecule has 8 heteroatoms. The van der Waals surface area contributed by atoms with Gasteiger partial charge in [-0.05, 0) is 6.92 Å². The molecule has 1 unspecified atom stereocenters. The smallest absolute Gasteiger partial charge is 0.326 e. The Balaban J connectivity index is 2.61. The van der Waals surface area contributed by atoms with Gasteiger partial charge in [-0.3, -0.25) is 9.59 Å². The van der Waals surface area contributed by atoms with E-state index in [1.54, 1.807) is 0 Å². The third kappa shape index (κ3) is 4.78. The van der Waals surface area contributed by atoms with Crippen molar-refractivity contribution in [3.8, 4) is 0 Å². The molecule has 1 rings (SSSR count). The Kier molecular flexibility index (Phi) is 5.04. The Morgan fingerprint density at radius 3 is 2.58 bits per heavy atom. The largest absolute Gasteiger partial charge is 0.480 e. The molecule has 1 aromatic rings. The van der Waals surface area contributed by atoms with E-state index in [0.29, 0.717) is 5.69 Å². The number of nitrogens with zero attached hydrogens (tertiary/aromatic N) is 1. The third-order valence-corrected chi connectivity index (χ3v) is 2.41. The topological polar surface area (TPSA) is 124 Å². The molecule has 4 N–H and O–H groups in total. The molecule has 1 aromatic heterocycles. The zero-order valence-corrected chi connectivity index (χ0v) is 10.6. The first-order valence-corrected chi connectivity index (χ1v) is 5.67. The van der Waals surface area contributed by atoms with Gasteiger partial charge in [-0.2, -0.15) is 0 Å². The number of carboxylic acids is 1. The summed E-state index contributed by atoms with van der Waals surface area (Å²) in [5.41, 5.74) is 0.597. The summed E-state index contributed by atoms with van der Waals surface area (Å²) in [5, 5.41) is 13.8. The number of carbonyl (C=O) groups is 3. The lowest BCUT2D eigenvalue weighted by molar-refractivity contribution is -0.142. The van der Waals surface area contributed by atoms with Crippen LogP contribution in [-0.4, -0.2) is 44.9 Å². The molecular formula is C11H16N4O4. The monoisotopic (exact) mass is 268 g/mol. The van der Waals surface area contributed by atoms with Crippen molar-refractivity contribution in [3.05, 3.63) is 18.2 Å². The molecule has 0 radical (unpaired) electrons. The van der Waals surface area contributed by atoms with E-state index in [0.717, 1.165) is 0 Å². The highest BCUT2D eigenvalue weighted by molar-refractivity contribution is 5.89. The molecule has 8 nitrogen and oxygen atoms in total. The summed E-state index contributed by atoms with van der Waals surface area (Å²) in [6.45, 7) is 2.76. The maximum absolute atomic E-state index is 11.7. The van der Waals surface area contributed by atoms with Gasteiger partial charge in [-0.25, -0.2) is 9.78 Å². The minimum Gasteiger partial charge on any atom is -0.480 e. The van der Waals surface area contributed by atoms with Gasteiger partial charge in [0, 0.05) is 25.2 Å². The molecular weight excluding hydrogens is 252 g/mol. The van der Waals surface area contributed by atoms with Gasteiger partial charge in [-0.15, -0.1) is 0 Å². The second-order valence-electron chi connectivity index (χ2n) is 4.10.